The topological polar surface area (TPSA) is 55.9 Å². The maximum atomic E-state index is 5.40. The molecule has 0 amide bonds. The fourth-order valence-corrected chi connectivity index (χ4v) is 1.16. The zero-order valence-corrected chi connectivity index (χ0v) is 8.54. The van der Waals surface area contributed by atoms with Gasteiger partial charge in [-0.2, -0.15) is 0 Å². The molecule has 0 bridgehead atoms. The highest BCUT2D eigenvalue weighted by molar-refractivity contribution is 5.27. The van der Waals surface area contributed by atoms with Crippen LogP contribution >= 0.6 is 0 Å². The van der Waals surface area contributed by atoms with Gasteiger partial charge in [0, 0.05) is 31.0 Å². The van der Waals surface area contributed by atoms with Gasteiger partial charge in [0.15, 0.2) is 0 Å². The average Bonchev–Trinajstić information content (AvgIpc) is 2.47. The molecule has 1 heterocycles. The smallest absolute Gasteiger partial charge is 0.203 e. The van der Waals surface area contributed by atoms with Gasteiger partial charge in [0.25, 0.3) is 0 Å². The van der Waals surface area contributed by atoms with E-state index in [2.05, 4.69) is 35.6 Å². The van der Waals surface area contributed by atoms with Gasteiger partial charge in [0.1, 0.15) is 0 Å². The Kier molecular flexibility index (Phi) is 2.93. The van der Waals surface area contributed by atoms with E-state index in [4.69, 9.17) is 5.73 Å². The molecule has 0 fully saturated rings. The lowest BCUT2D eigenvalue weighted by Gasteiger charge is -2.23. The first-order valence-corrected chi connectivity index (χ1v) is 4.53. The second-order valence-electron chi connectivity index (χ2n) is 4.01. The number of rotatable bonds is 3. The lowest BCUT2D eigenvalue weighted by molar-refractivity contribution is 0.401. The fraction of sp³-hybridized carbons (Fsp3) is 0.667. The van der Waals surface area contributed by atoms with Gasteiger partial charge in [0.05, 0.1) is 0 Å². The highest BCUT2D eigenvalue weighted by atomic mass is 15.2. The fourth-order valence-electron chi connectivity index (χ4n) is 1.16. The van der Waals surface area contributed by atoms with E-state index in [1.54, 1.807) is 6.20 Å². The highest BCUT2D eigenvalue weighted by Crippen LogP contribution is 2.18. The van der Waals surface area contributed by atoms with Crippen molar-refractivity contribution < 1.29 is 0 Å². The summed E-state index contributed by atoms with van der Waals surface area (Å²) >= 11 is 0. The van der Waals surface area contributed by atoms with E-state index >= 15 is 0 Å². The first kappa shape index (κ1) is 10.1. The van der Waals surface area contributed by atoms with Gasteiger partial charge in [-0.25, -0.2) is 4.98 Å². The van der Waals surface area contributed by atoms with E-state index in [0.29, 0.717) is 6.54 Å². The summed E-state index contributed by atoms with van der Waals surface area (Å²) in [4.78, 5) is 4.22. The van der Waals surface area contributed by atoms with Gasteiger partial charge in [0.2, 0.25) is 5.95 Å². The highest BCUT2D eigenvalue weighted by Gasteiger charge is 2.15. The van der Waals surface area contributed by atoms with Crippen molar-refractivity contribution in [3.63, 3.8) is 0 Å². The van der Waals surface area contributed by atoms with Gasteiger partial charge in [-0.15, -0.1) is 0 Å². The molecule has 1 aromatic heterocycles. The third-order valence-electron chi connectivity index (χ3n) is 1.79. The third-order valence-corrected chi connectivity index (χ3v) is 1.79. The first-order valence-electron chi connectivity index (χ1n) is 4.53. The lowest BCUT2D eigenvalue weighted by atomic mass is 10.1. The van der Waals surface area contributed by atoms with Crippen LogP contribution in [0, 0.1) is 0 Å². The SMILES string of the molecule is CC(C)(C)n1ccnc1NCCN. The molecular weight excluding hydrogens is 164 g/mol. The molecule has 3 N–H and O–H groups in total. The molecule has 0 radical (unpaired) electrons. The monoisotopic (exact) mass is 182 g/mol. The van der Waals surface area contributed by atoms with Crippen molar-refractivity contribution in [2.75, 3.05) is 18.4 Å². The molecule has 0 aliphatic heterocycles. The summed E-state index contributed by atoms with van der Waals surface area (Å²) in [6, 6.07) is 0. The number of imidazole rings is 1. The lowest BCUT2D eigenvalue weighted by Crippen LogP contribution is -2.25. The zero-order valence-electron chi connectivity index (χ0n) is 8.54. The Morgan fingerprint density at radius 1 is 1.54 bits per heavy atom. The molecule has 0 unspecified atom stereocenters. The Hall–Kier alpha value is -1.03. The molecule has 0 aromatic carbocycles. The van der Waals surface area contributed by atoms with Gasteiger partial charge in [-0.1, -0.05) is 0 Å². The average molecular weight is 182 g/mol. The minimum Gasteiger partial charge on any atom is -0.354 e. The maximum absolute atomic E-state index is 5.40. The van der Waals surface area contributed by atoms with Crippen LogP contribution < -0.4 is 11.1 Å². The minimum atomic E-state index is 0.0629. The predicted molar refractivity (Wildman–Crippen MR) is 54.8 cm³/mol. The van der Waals surface area contributed by atoms with Crippen molar-refractivity contribution in [1.29, 1.82) is 0 Å². The molecule has 4 nitrogen and oxygen atoms in total. The van der Waals surface area contributed by atoms with Crippen molar-refractivity contribution in [3.05, 3.63) is 12.4 Å². The number of anilines is 1. The van der Waals surface area contributed by atoms with Crippen molar-refractivity contribution in [3.8, 4) is 0 Å². The molecule has 0 saturated carbocycles. The molecule has 1 aromatic rings. The number of nitrogens with one attached hydrogen (secondary N) is 1. The van der Waals surface area contributed by atoms with E-state index in [9.17, 15) is 0 Å². The first-order chi connectivity index (χ1) is 6.05. The number of nitrogens with zero attached hydrogens (tertiary/aromatic N) is 2. The van der Waals surface area contributed by atoms with Crippen LogP contribution in [-0.4, -0.2) is 22.6 Å². The van der Waals surface area contributed by atoms with E-state index in [1.165, 1.54) is 0 Å². The Bertz CT molecular complexity index is 259. The summed E-state index contributed by atoms with van der Waals surface area (Å²) in [6.45, 7) is 7.80. The minimum absolute atomic E-state index is 0.0629. The predicted octanol–water partition coefficient (Wildman–Crippen LogP) is 1.01. The number of hydrogen-bond donors (Lipinski definition) is 2. The van der Waals surface area contributed by atoms with Crippen molar-refractivity contribution in [1.82, 2.24) is 9.55 Å². The van der Waals surface area contributed by atoms with Crippen molar-refractivity contribution in [2.24, 2.45) is 5.73 Å². The van der Waals surface area contributed by atoms with Crippen molar-refractivity contribution in [2.45, 2.75) is 26.3 Å². The molecule has 0 aliphatic rings. The molecule has 0 spiro atoms. The van der Waals surface area contributed by atoms with Gasteiger partial charge >= 0.3 is 0 Å². The molecule has 1 rings (SSSR count). The van der Waals surface area contributed by atoms with Crippen LogP contribution in [0.25, 0.3) is 0 Å². The summed E-state index contributed by atoms with van der Waals surface area (Å²) < 4.78 is 2.10. The summed E-state index contributed by atoms with van der Waals surface area (Å²) in [6.07, 6.45) is 3.77. The van der Waals surface area contributed by atoms with Crippen LogP contribution in [0.4, 0.5) is 5.95 Å². The molecule has 4 heteroatoms. The van der Waals surface area contributed by atoms with E-state index in [0.717, 1.165) is 12.5 Å². The Morgan fingerprint density at radius 2 is 2.23 bits per heavy atom. The van der Waals surface area contributed by atoms with Crippen molar-refractivity contribution >= 4 is 5.95 Å². The van der Waals surface area contributed by atoms with E-state index < -0.39 is 0 Å². The van der Waals surface area contributed by atoms with Crippen LogP contribution in [0.1, 0.15) is 20.8 Å². The van der Waals surface area contributed by atoms with Crippen LogP contribution in [0.3, 0.4) is 0 Å². The van der Waals surface area contributed by atoms with Gasteiger partial charge in [-0.3, -0.25) is 0 Å². The zero-order chi connectivity index (χ0) is 9.90. The Morgan fingerprint density at radius 3 is 2.77 bits per heavy atom. The maximum Gasteiger partial charge on any atom is 0.203 e. The van der Waals surface area contributed by atoms with Crippen LogP contribution in [-0.2, 0) is 5.54 Å². The molecule has 13 heavy (non-hydrogen) atoms. The van der Waals surface area contributed by atoms with Crippen LogP contribution in [0.5, 0.6) is 0 Å². The van der Waals surface area contributed by atoms with Crippen LogP contribution in [0.15, 0.2) is 12.4 Å². The second-order valence-corrected chi connectivity index (χ2v) is 4.01. The molecule has 74 valence electrons. The normalized spacial score (nSPS) is 11.7. The molecule has 0 aliphatic carbocycles. The second kappa shape index (κ2) is 3.79. The van der Waals surface area contributed by atoms with Gasteiger partial charge in [-0.05, 0) is 20.8 Å². The standard InChI is InChI=1S/C9H18N4/c1-9(2,3)13-7-6-12-8(13)11-5-4-10/h6-7H,4-5,10H2,1-3H3,(H,11,12). The molecule has 0 saturated heterocycles. The number of nitrogens with two attached hydrogens (primary N) is 1. The summed E-state index contributed by atoms with van der Waals surface area (Å²) in [5, 5.41) is 3.18. The third kappa shape index (κ3) is 2.45. The summed E-state index contributed by atoms with van der Waals surface area (Å²) in [5.41, 5.74) is 5.47. The number of aromatic nitrogens is 2. The van der Waals surface area contributed by atoms with Crippen LogP contribution in [0.2, 0.25) is 0 Å². The molecule has 0 atom stereocenters. The molecular formula is C9H18N4. The van der Waals surface area contributed by atoms with Gasteiger partial charge < -0.3 is 15.6 Å². The quantitative estimate of drug-likeness (QED) is 0.733. The Labute approximate surface area is 79.1 Å². The summed E-state index contributed by atoms with van der Waals surface area (Å²) in [5.74, 6) is 0.887. The van der Waals surface area contributed by atoms with E-state index in [-0.39, 0.29) is 5.54 Å². The Balaban J connectivity index is 2.77. The van der Waals surface area contributed by atoms with E-state index in [1.807, 2.05) is 6.20 Å². The summed E-state index contributed by atoms with van der Waals surface area (Å²) in [7, 11) is 0. The largest absolute Gasteiger partial charge is 0.354 e. The number of hydrogen-bond acceptors (Lipinski definition) is 3.